The Morgan fingerprint density at radius 2 is 1.80 bits per heavy atom. The molecule has 3 rings (SSSR count). The predicted octanol–water partition coefficient (Wildman–Crippen LogP) is 3.44. The quantitative estimate of drug-likeness (QED) is 0.839. The topological polar surface area (TPSA) is 32.3 Å². The van der Waals surface area contributed by atoms with Crippen molar-refractivity contribution in [3.8, 4) is 0 Å². The van der Waals surface area contributed by atoms with Crippen LogP contribution in [0.15, 0.2) is 0 Å². The summed E-state index contributed by atoms with van der Waals surface area (Å²) < 4.78 is 0. The monoisotopic (exact) mass is 278 g/mol. The average Bonchev–Trinajstić information content (AvgIpc) is 2.98. The minimum absolute atomic E-state index is 0.200. The molecule has 3 aliphatic rings. The fourth-order valence-electron chi connectivity index (χ4n) is 4.82. The number of rotatable bonds is 2. The summed E-state index contributed by atoms with van der Waals surface area (Å²) in [5.41, 5.74) is 0.0708. The summed E-state index contributed by atoms with van der Waals surface area (Å²) in [4.78, 5) is 15.4. The summed E-state index contributed by atoms with van der Waals surface area (Å²) in [6, 6.07) is 0.432. The van der Waals surface area contributed by atoms with Gasteiger partial charge in [-0.25, -0.2) is 0 Å². The molecule has 1 amide bonds. The van der Waals surface area contributed by atoms with Crippen molar-refractivity contribution < 1.29 is 4.79 Å². The van der Waals surface area contributed by atoms with E-state index in [0.29, 0.717) is 11.9 Å². The molecule has 0 bridgehead atoms. The molecule has 1 aliphatic heterocycles. The SMILES string of the molecule is CCC1NC2(CCCC2)C(=O)N1C1CCCCC1(C)C. The lowest BCUT2D eigenvalue weighted by Crippen LogP contribution is -2.52. The van der Waals surface area contributed by atoms with Crippen LogP contribution >= 0.6 is 0 Å². The lowest BCUT2D eigenvalue weighted by molar-refractivity contribution is -0.139. The highest BCUT2D eigenvalue weighted by molar-refractivity contribution is 5.89. The van der Waals surface area contributed by atoms with Gasteiger partial charge in [0.15, 0.2) is 0 Å². The lowest BCUT2D eigenvalue weighted by atomic mass is 9.72. The van der Waals surface area contributed by atoms with Gasteiger partial charge in [-0.05, 0) is 37.5 Å². The first-order valence-corrected chi connectivity index (χ1v) is 8.61. The van der Waals surface area contributed by atoms with Crippen LogP contribution in [0.1, 0.15) is 78.6 Å². The van der Waals surface area contributed by atoms with E-state index >= 15 is 0 Å². The molecule has 1 spiro atoms. The van der Waals surface area contributed by atoms with E-state index in [1.807, 2.05) is 0 Å². The van der Waals surface area contributed by atoms with Crippen LogP contribution in [0.3, 0.4) is 0 Å². The van der Waals surface area contributed by atoms with Crippen molar-refractivity contribution in [2.75, 3.05) is 0 Å². The van der Waals surface area contributed by atoms with Crippen LogP contribution in [0.4, 0.5) is 0 Å². The predicted molar refractivity (Wildman–Crippen MR) is 81.3 cm³/mol. The molecule has 0 radical (unpaired) electrons. The van der Waals surface area contributed by atoms with Crippen LogP contribution in [-0.2, 0) is 4.79 Å². The summed E-state index contributed by atoms with van der Waals surface area (Å²) in [5.74, 6) is 0.418. The third-order valence-corrected chi connectivity index (χ3v) is 6.05. The summed E-state index contributed by atoms with van der Waals surface area (Å²) in [5, 5.41) is 3.73. The van der Waals surface area contributed by atoms with E-state index < -0.39 is 0 Å². The van der Waals surface area contributed by atoms with Gasteiger partial charge >= 0.3 is 0 Å². The van der Waals surface area contributed by atoms with Crippen LogP contribution in [0.25, 0.3) is 0 Å². The van der Waals surface area contributed by atoms with Crippen LogP contribution in [0, 0.1) is 5.41 Å². The molecule has 0 aromatic rings. The van der Waals surface area contributed by atoms with Gasteiger partial charge in [0.2, 0.25) is 5.91 Å². The molecule has 114 valence electrons. The highest BCUT2D eigenvalue weighted by Crippen LogP contribution is 2.44. The molecule has 0 aromatic carbocycles. The fraction of sp³-hybridized carbons (Fsp3) is 0.941. The highest BCUT2D eigenvalue weighted by atomic mass is 16.2. The van der Waals surface area contributed by atoms with Crippen LogP contribution in [-0.4, -0.2) is 28.6 Å². The summed E-state index contributed by atoms with van der Waals surface area (Å²) >= 11 is 0. The first-order chi connectivity index (χ1) is 9.50. The van der Waals surface area contributed by atoms with E-state index in [-0.39, 0.29) is 17.1 Å². The molecule has 2 aliphatic carbocycles. The maximum atomic E-state index is 13.1. The van der Waals surface area contributed by atoms with Gasteiger partial charge in [0.05, 0.1) is 11.7 Å². The van der Waals surface area contributed by atoms with Crippen molar-refractivity contribution in [3.63, 3.8) is 0 Å². The van der Waals surface area contributed by atoms with Crippen molar-refractivity contribution >= 4 is 5.91 Å². The maximum Gasteiger partial charge on any atom is 0.244 e. The summed E-state index contributed by atoms with van der Waals surface area (Å²) in [7, 11) is 0. The van der Waals surface area contributed by atoms with Gasteiger partial charge in [-0.2, -0.15) is 0 Å². The molecular formula is C17H30N2O. The van der Waals surface area contributed by atoms with Crippen LogP contribution in [0.5, 0.6) is 0 Å². The Bertz CT molecular complexity index is 384. The zero-order valence-electron chi connectivity index (χ0n) is 13.4. The Kier molecular flexibility index (Phi) is 3.60. The lowest BCUT2D eigenvalue weighted by Gasteiger charge is -2.45. The van der Waals surface area contributed by atoms with E-state index in [1.165, 1.54) is 38.5 Å². The standard InChI is InChI=1S/C17H30N2O/c1-4-14-18-17(11-7-8-12-17)15(20)19(14)13-9-5-6-10-16(13,2)3/h13-14,18H,4-12H2,1-3H3. The van der Waals surface area contributed by atoms with E-state index in [9.17, 15) is 4.79 Å². The van der Waals surface area contributed by atoms with Crippen molar-refractivity contribution in [1.29, 1.82) is 0 Å². The molecule has 1 N–H and O–H groups in total. The Morgan fingerprint density at radius 3 is 2.40 bits per heavy atom. The second-order valence-corrected chi connectivity index (χ2v) is 7.82. The zero-order valence-corrected chi connectivity index (χ0v) is 13.4. The van der Waals surface area contributed by atoms with Crippen molar-refractivity contribution in [3.05, 3.63) is 0 Å². The molecule has 20 heavy (non-hydrogen) atoms. The highest BCUT2D eigenvalue weighted by Gasteiger charge is 2.55. The minimum Gasteiger partial charge on any atom is -0.322 e. The van der Waals surface area contributed by atoms with E-state index in [4.69, 9.17) is 0 Å². The van der Waals surface area contributed by atoms with Crippen molar-refractivity contribution in [1.82, 2.24) is 10.2 Å². The number of carbonyl (C=O) groups excluding carboxylic acids is 1. The molecule has 2 atom stereocenters. The maximum absolute atomic E-state index is 13.1. The molecule has 2 unspecified atom stereocenters. The van der Waals surface area contributed by atoms with Gasteiger partial charge in [0, 0.05) is 6.04 Å². The molecule has 2 saturated carbocycles. The fourth-order valence-corrected chi connectivity index (χ4v) is 4.82. The number of nitrogens with zero attached hydrogens (tertiary/aromatic N) is 1. The molecule has 3 fully saturated rings. The number of carbonyl (C=O) groups is 1. The second-order valence-electron chi connectivity index (χ2n) is 7.82. The molecule has 1 heterocycles. The smallest absolute Gasteiger partial charge is 0.244 e. The second kappa shape index (κ2) is 5.01. The largest absolute Gasteiger partial charge is 0.322 e. The number of hydrogen-bond acceptors (Lipinski definition) is 2. The van der Waals surface area contributed by atoms with Gasteiger partial charge in [-0.1, -0.05) is 46.5 Å². The van der Waals surface area contributed by atoms with Crippen molar-refractivity contribution in [2.45, 2.75) is 96.3 Å². The molecule has 3 nitrogen and oxygen atoms in total. The number of amides is 1. The summed E-state index contributed by atoms with van der Waals surface area (Å²) in [6.45, 7) is 6.93. The molecular weight excluding hydrogens is 248 g/mol. The van der Waals surface area contributed by atoms with E-state index in [1.54, 1.807) is 0 Å². The first kappa shape index (κ1) is 14.4. The third kappa shape index (κ3) is 2.09. The Balaban J connectivity index is 1.88. The Hall–Kier alpha value is -0.570. The molecule has 0 aromatic heterocycles. The zero-order chi connectivity index (χ0) is 14.4. The van der Waals surface area contributed by atoms with Gasteiger partial charge < -0.3 is 4.90 Å². The molecule has 3 heteroatoms. The summed E-state index contributed by atoms with van der Waals surface area (Å²) in [6.07, 6.45) is 10.8. The van der Waals surface area contributed by atoms with Crippen LogP contribution in [0.2, 0.25) is 0 Å². The Morgan fingerprint density at radius 1 is 1.15 bits per heavy atom. The van der Waals surface area contributed by atoms with Crippen LogP contribution < -0.4 is 5.32 Å². The van der Waals surface area contributed by atoms with Gasteiger partial charge in [0.1, 0.15) is 0 Å². The minimum atomic E-state index is -0.200. The third-order valence-electron chi connectivity index (χ3n) is 6.05. The van der Waals surface area contributed by atoms with Gasteiger partial charge in [0.25, 0.3) is 0 Å². The first-order valence-electron chi connectivity index (χ1n) is 8.61. The molecule has 1 saturated heterocycles. The van der Waals surface area contributed by atoms with E-state index in [0.717, 1.165) is 19.3 Å². The van der Waals surface area contributed by atoms with Gasteiger partial charge in [-0.3, -0.25) is 10.1 Å². The van der Waals surface area contributed by atoms with E-state index in [2.05, 4.69) is 31.0 Å². The number of hydrogen-bond donors (Lipinski definition) is 1. The van der Waals surface area contributed by atoms with Gasteiger partial charge in [-0.15, -0.1) is 0 Å². The average molecular weight is 278 g/mol. The van der Waals surface area contributed by atoms with Crippen molar-refractivity contribution in [2.24, 2.45) is 5.41 Å². The normalized spacial score (nSPS) is 36.0. The Labute approximate surface area is 123 Å². The number of nitrogens with one attached hydrogen (secondary N) is 1.